The molecule has 1 fully saturated rings. The summed E-state index contributed by atoms with van der Waals surface area (Å²) in [5.74, 6) is 0.853. The first-order chi connectivity index (χ1) is 7.74. The Bertz CT molecular complexity index is 528. The molecule has 1 aliphatic carbocycles. The molecule has 0 bridgehead atoms. The van der Waals surface area contributed by atoms with E-state index >= 15 is 0 Å². The Morgan fingerprint density at radius 2 is 2.19 bits per heavy atom. The van der Waals surface area contributed by atoms with E-state index in [-0.39, 0.29) is 0 Å². The van der Waals surface area contributed by atoms with Crippen molar-refractivity contribution in [1.82, 2.24) is 4.79 Å². The first-order valence-electron chi connectivity index (χ1n) is 5.68. The highest BCUT2D eigenvalue weighted by Crippen LogP contribution is 2.29. The minimum atomic E-state index is 0.366. The molecule has 1 aliphatic rings. The fourth-order valence-corrected chi connectivity index (χ4v) is 2.08. The predicted molar refractivity (Wildman–Crippen MR) is 61.4 cm³/mol. The highest BCUT2D eigenvalue weighted by molar-refractivity contribution is 5.84. The SMILES string of the molecule is Cc1cn(F)c2ccc(OC3CCC3)cc12. The fourth-order valence-electron chi connectivity index (χ4n) is 2.08. The molecule has 2 aromatic rings. The van der Waals surface area contributed by atoms with E-state index in [1.165, 1.54) is 12.6 Å². The Hall–Kier alpha value is -1.51. The highest BCUT2D eigenvalue weighted by atomic mass is 19.2. The van der Waals surface area contributed by atoms with Gasteiger partial charge in [-0.15, -0.1) is 0 Å². The summed E-state index contributed by atoms with van der Waals surface area (Å²) < 4.78 is 19.1. The summed E-state index contributed by atoms with van der Waals surface area (Å²) in [5, 5.41) is 0.930. The van der Waals surface area contributed by atoms with Gasteiger partial charge in [0.15, 0.2) is 0 Å². The Kier molecular flexibility index (Phi) is 2.13. The van der Waals surface area contributed by atoms with Crippen LogP contribution in [0, 0.1) is 6.92 Å². The van der Waals surface area contributed by atoms with Crippen LogP contribution in [0.3, 0.4) is 0 Å². The van der Waals surface area contributed by atoms with Gasteiger partial charge in [0.1, 0.15) is 5.75 Å². The molecular formula is C13H14FNO. The molecular weight excluding hydrogens is 205 g/mol. The van der Waals surface area contributed by atoms with E-state index < -0.39 is 0 Å². The maximum atomic E-state index is 13.4. The molecule has 0 spiro atoms. The van der Waals surface area contributed by atoms with Crippen molar-refractivity contribution in [2.45, 2.75) is 32.3 Å². The summed E-state index contributed by atoms with van der Waals surface area (Å²) >= 11 is 0. The summed E-state index contributed by atoms with van der Waals surface area (Å²) in [4.78, 5) is 0.664. The Morgan fingerprint density at radius 3 is 2.88 bits per heavy atom. The second kappa shape index (κ2) is 3.51. The van der Waals surface area contributed by atoms with Crippen molar-refractivity contribution in [2.24, 2.45) is 0 Å². The minimum Gasteiger partial charge on any atom is -0.490 e. The maximum absolute atomic E-state index is 13.4. The van der Waals surface area contributed by atoms with Crippen LogP contribution in [0.15, 0.2) is 24.4 Å². The van der Waals surface area contributed by atoms with Crippen molar-refractivity contribution in [3.8, 4) is 5.75 Å². The largest absolute Gasteiger partial charge is 0.490 e. The number of benzene rings is 1. The molecule has 0 radical (unpaired) electrons. The topological polar surface area (TPSA) is 14.2 Å². The van der Waals surface area contributed by atoms with Gasteiger partial charge in [-0.1, -0.05) is 4.48 Å². The molecule has 0 aliphatic heterocycles. The van der Waals surface area contributed by atoms with Crippen molar-refractivity contribution in [1.29, 1.82) is 0 Å². The first kappa shape index (κ1) is 9.70. The van der Waals surface area contributed by atoms with Crippen LogP contribution in [0.25, 0.3) is 10.9 Å². The van der Waals surface area contributed by atoms with Crippen LogP contribution in [0.1, 0.15) is 24.8 Å². The molecule has 2 nitrogen and oxygen atoms in total. The molecule has 1 saturated carbocycles. The number of ether oxygens (including phenoxy) is 1. The normalized spacial score (nSPS) is 16.4. The lowest BCUT2D eigenvalue weighted by Gasteiger charge is -2.26. The Labute approximate surface area is 93.6 Å². The second-order valence-corrected chi connectivity index (χ2v) is 4.47. The van der Waals surface area contributed by atoms with E-state index in [0.717, 1.165) is 29.5 Å². The minimum absolute atomic E-state index is 0.366. The molecule has 0 atom stereocenters. The Morgan fingerprint density at radius 1 is 1.38 bits per heavy atom. The quantitative estimate of drug-likeness (QED) is 0.752. The lowest BCUT2D eigenvalue weighted by molar-refractivity contribution is 0.120. The van der Waals surface area contributed by atoms with E-state index in [0.29, 0.717) is 16.4 Å². The van der Waals surface area contributed by atoms with Crippen molar-refractivity contribution >= 4 is 10.9 Å². The standard InChI is InChI=1S/C13H14FNO/c1-9-8-15(14)13-6-5-11(7-12(9)13)16-10-3-2-4-10/h5-8,10H,2-4H2,1H3. The third-order valence-electron chi connectivity index (χ3n) is 3.28. The van der Waals surface area contributed by atoms with Gasteiger partial charge in [0.05, 0.1) is 11.6 Å². The van der Waals surface area contributed by atoms with E-state index in [1.54, 1.807) is 6.07 Å². The molecule has 3 heteroatoms. The molecule has 3 rings (SSSR count). The second-order valence-electron chi connectivity index (χ2n) is 4.47. The van der Waals surface area contributed by atoms with Crippen LogP contribution in [0.5, 0.6) is 5.75 Å². The molecule has 0 saturated heterocycles. The molecule has 84 valence electrons. The van der Waals surface area contributed by atoms with Gasteiger partial charge < -0.3 is 4.74 Å². The lowest BCUT2D eigenvalue weighted by Crippen LogP contribution is -2.24. The van der Waals surface area contributed by atoms with Crippen molar-refractivity contribution < 1.29 is 9.22 Å². The number of aryl methyl sites for hydroxylation is 1. The van der Waals surface area contributed by atoms with E-state index in [2.05, 4.69) is 0 Å². The van der Waals surface area contributed by atoms with Crippen molar-refractivity contribution in [3.63, 3.8) is 0 Å². The smallest absolute Gasteiger partial charge is 0.120 e. The van der Waals surface area contributed by atoms with Gasteiger partial charge >= 0.3 is 0 Å². The van der Waals surface area contributed by atoms with Crippen LogP contribution in [-0.4, -0.2) is 10.9 Å². The van der Waals surface area contributed by atoms with E-state index in [9.17, 15) is 4.48 Å². The van der Waals surface area contributed by atoms with Crippen molar-refractivity contribution in [2.75, 3.05) is 0 Å². The summed E-state index contributed by atoms with van der Waals surface area (Å²) in [6.45, 7) is 1.91. The van der Waals surface area contributed by atoms with Crippen LogP contribution in [0.4, 0.5) is 4.48 Å². The van der Waals surface area contributed by atoms with Crippen LogP contribution in [-0.2, 0) is 0 Å². The molecule has 1 aromatic carbocycles. The van der Waals surface area contributed by atoms with Gasteiger partial charge in [-0.3, -0.25) is 0 Å². The summed E-state index contributed by atoms with van der Waals surface area (Å²) in [5.41, 5.74) is 1.55. The van der Waals surface area contributed by atoms with Gasteiger partial charge in [0, 0.05) is 11.6 Å². The summed E-state index contributed by atoms with van der Waals surface area (Å²) in [6.07, 6.45) is 5.40. The predicted octanol–water partition coefficient (Wildman–Crippen LogP) is 3.61. The molecule has 1 aromatic heterocycles. The number of fused-ring (bicyclic) bond motifs is 1. The summed E-state index contributed by atoms with van der Waals surface area (Å²) in [7, 11) is 0. The van der Waals surface area contributed by atoms with E-state index in [1.807, 2.05) is 19.1 Å². The summed E-state index contributed by atoms with van der Waals surface area (Å²) in [6, 6.07) is 5.55. The molecule has 16 heavy (non-hydrogen) atoms. The Balaban J connectivity index is 1.97. The van der Waals surface area contributed by atoms with Crippen LogP contribution >= 0.6 is 0 Å². The number of rotatable bonds is 2. The number of hydrogen-bond acceptors (Lipinski definition) is 1. The van der Waals surface area contributed by atoms with Gasteiger partial charge in [0.2, 0.25) is 0 Å². The molecule has 0 unspecified atom stereocenters. The highest BCUT2D eigenvalue weighted by Gasteiger charge is 2.19. The lowest BCUT2D eigenvalue weighted by atomic mass is 9.96. The first-order valence-corrected chi connectivity index (χ1v) is 5.68. The maximum Gasteiger partial charge on any atom is 0.120 e. The van der Waals surface area contributed by atoms with Crippen LogP contribution < -0.4 is 4.74 Å². The number of nitrogens with zero attached hydrogens (tertiary/aromatic N) is 1. The zero-order valence-corrected chi connectivity index (χ0v) is 9.24. The van der Waals surface area contributed by atoms with Gasteiger partial charge in [0.25, 0.3) is 0 Å². The van der Waals surface area contributed by atoms with Gasteiger partial charge in [-0.05, 0) is 49.9 Å². The molecule has 0 amide bonds. The fraction of sp³-hybridized carbons (Fsp3) is 0.385. The van der Waals surface area contributed by atoms with Gasteiger partial charge in [-0.2, -0.15) is 4.79 Å². The number of aromatic nitrogens is 1. The van der Waals surface area contributed by atoms with Crippen LogP contribution in [0.2, 0.25) is 0 Å². The average Bonchev–Trinajstić information content (AvgIpc) is 2.49. The third-order valence-corrected chi connectivity index (χ3v) is 3.28. The third kappa shape index (κ3) is 1.47. The zero-order chi connectivity index (χ0) is 11.1. The van der Waals surface area contributed by atoms with Gasteiger partial charge in [-0.25, -0.2) is 0 Å². The monoisotopic (exact) mass is 219 g/mol. The number of hydrogen-bond donors (Lipinski definition) is 0. The average molecular weight is 219 g/mol. The molecule has 0 N–H and O–H groups in total. The van der Waals surface area contributed by atoms with Crippen molar-refractivity contribution in [3.05, 3.63) is 30.0 Å². The molecule has 1 heterocycles. The zero-order valence-electron chi connectivity index (χ0n) is 9.24. The number of halogens is 1. The van der Waals surface area contributed by atoms with E-state index in [4.69, 9.17) is 4.74 Å².